The molecule has 0 radical (unpaired) electrons. The van der Waals surface area contributed by atoms with Gasteiger partial charge in [0.1, 0.15) is 5.02 Å². The summed E-state index contributed by atoms with van der Waals surface area (Å²) in [4.78, 5) is 10.3. The van der Waals surface area contributed by atoms with E-state index in [1.54, 1.807) is 28.6 Å². The first-order valence-corrected chi connectivity index (χ1v) is 6.90. The van der Waals surface area contributed by atoms with Gasteiger partial charge < -0.3 is 0 Å². The van der Waals surface area contributed by atoms with Crippen LogP contribution in [0.3, 0.4) is 0 Å². The molecule has 1 aromatic carbocycles. The minimum atomic E-state index is -0.468. The van der Waals surface area contributed by atoms with E-state index in [-0.39, 0.29) is 10.7 Å². The lowest BCUT2D eigenvalue weighted by atomic mass is 10.2. The van der Waals surface area contributed by atoms with Crippen LogP contribution in [0.15, 0.2) is 29.3 Å². The second kappa shape index (κ2) is 5.63. The van der Waals surface area contributed by atoms with Gasteiger partial charge in [-0.15, -0.1) is 11.8 Å². The number of nitro benzene ring substituents is 1. The molecule has 19 heavy (non-hydrogen) atoms. The highest BCUT2D eigenvalue weighted by molar-refractivity contribution is 7.98. The summed E-state index contributed by atoms with van der Waals surface area (Å²) in [5, 5.41) is 16.2. The number of nitrogens with zero attached hydrogens (tertiary/aromatic N) is 3. The fourth-order valence-corrected chi connectivity index (χ4v) is 2.83. The van der Waals surface area contributed by atoms with Crippen molar-refractivity contribution in [3.05, 3.63) is 50.7 Å². The normalized spacial score (nSPS) is 10.7. The van der Waals surface area contributed by atoms with E-state index in [1.807, 2.05) is 20.0 Å². The van der Waals surface area contributed by atoms with Crippen LogP contribution in [0.5, 0.6) is 0 Å². The lowest BCUT2D eigenvalue weighted by molar-refractivity contribution is -0.384. The first kappa shape index (κ1) is 13.9. The monoisotopic (exact) mass is 297 g/mol. The van der Waals surface area contributed by atoms with Crippen molar-refractivity contribution < 1.29 is 4.92 Å². The van der Waals surface area contributed by atoms with Crippen molar-refractivity contribution >= 4 is 29.1 Å². The van der Waals surface area contributed by atoms with Gasteiger partial charge in [0.05, 0.1) is 15.6 Å². The highest BCUT2D eigenvalue weighted by atomic mass is 35.5. The number of rotatable bonds is 4. The number of hydrogen-bond acceptors (Lipinski definition) is 4. The van der Waals surface area contributed by atoms with Gasteiger partial charge in [0.15, 0.2) is 0 Å². The molecule has 0 N–H and O–H groups in total. The van der Waals surface area contributed by atoms with Crippen molar-refractivity contribution in [3.63, 3.8) is 0 Å². The molecule has 0 aliphatic heterocycles. The largest absolute Gasteiger partial charge is 0.288 e. The molecule has 0 bridgehead atoms. The quantitative estimate of drug-likeness (QED) is 0.491. The van der Waals surface area contributed by atoms with Crippen LogP contribution in [0, 0.1) is 17.0 Å². The Bertz CT molecular complexity index is 627. The van der Waals surface area contributed by atoms with Crippen LogP contribution in [-0.2, 0) is 12.8 Å². The van der Waals surface area contributed by atoms with Gasteiger partial charge in [-0.3, -0.25) is 14.8 Å². The number of halogens is 1. The number of nitro groups is 1. The second-order valence-electron chi connectivity index (χ2n) is 4.08. The van der Waals surface area contributed by atoms with Crippen molar-refractivity contribution in [2.45, 2.75) is 17.7 Å². The third kappa shape index (κ3) is 3.27. The molecule has 5 nitrogen and oxygen atoms in total. The maximum Gasteiger partial charge on any atom is 0.288 e. The Morgan fingerprint density at radius 3 is 2.79 bits per heavy atom. The van der Waals surface area contributed by atoms with Crippen molar-refractivity contribution in [1.82, 2.24) is 9.78 Å². The maximum absolute atomic E-state index is 10.8. The molecule has 7 heteroatoms. The molecule has 1 heterocycles. The van der Waals surface area contributed by atoms with Crippen molar-refractivity contribution in [1.29, 1.82) is 0 Å². The number of benzene rings is 1. The molecule has 0 fully saturated rings. The van der Waals surface area contributed by atoms with E-state index in [0.717, 1.165) is 16.3 Å². The second-order valence-corrected chi connectivity index (χ2v) is 5.48. The summed E-state index contributed by atoms with van der Waals surface area (Å²) in [5.74, 6) is 0.636. The molecule has 100 valence electrons. The zero-order valence-corrected chi connectivity index (χ0v) is 12.0. The van der Waals surface area contributed by atoms with Crippen molar-refractivity contribution in [2.75, 3.05) is 0 Å². The Labute approximate surface area is 119 Å². The number of hydrogen-bond donors (Lipinski definition) is 0. The Morgan fingerprint density at radius 1 is 1.47 bits per heavy atom. The SMILES string of the molecule is Cc1cc(SCc2ccc(Cl)c([N+](=O)[O-])c2)n(C)n1. The summed E-state index contributed by atoms with van der Waals surface area (Å²) in [7, 11) is 1.87. The molecule has 1 aromatic heterocycles. The van der Waals surface area contributed by atoms with Crippen LogP contribution in [0.4, 0.5) is 5.69 Å². The van der Waals surface area contributed by atoms with Gasteiger partial charge in [0.2, 0.25) is 0 Å². The summed E-state index contributed by atoms with van der Waals surface area (Å²) >= 11 is 7.36. The van der Waals surface area contributed by atoms with Gasteiger partial charge in [-0.25, -0.2) is 0 Å². The van der Waals surface area contributed by atoms with Crippen molar-refractivity contribution in [3.8, 4) is 0 Å². The average Bonchev–Trinajstić information content (AvgIpc) is 2.66. The molecule has 2 aromatic rings. The minimum absolute atomic E-state index is 0.0547. The highest BCUT2D eigenvalue weighted by Crippen LogP contribution is 2.29. The van der Waals surface area contributed by atoms with E-state index >= 15 is 0 Å². The number of aromatic nitrogens is 2. The van der Waals surface area contributed by atoms with E-state index in [2.05, 4.69) is 5.10 Å². The average molecular weight is 298 g/mol. The first-order chi connectivity index (χ1) is 8.97. The van der Waals surface area contributed by atoms with Gasteiger partial charge in [0, 0.05) is 18.9 Å². The van der Waals surface area contributed by atoms with Crippen LogP contribution in [0.2, 0.25) is 5.02 Å². The fraction of sp³-hybridized carbons (Fsp3) is 0.250. The van der Waals surface area contributed by atoms with E-state index in [9.17, 15) is 10.1 Å². The molecule has 2 rings (SSSR count). The van der Waals surface area contributed by atoms with Crippen molar-refractivity contribution in [2.24, 2.45) is 7.05 Å². The molecule has 0 unspecified atom stereocenters. The first-order valence-electron chi connectivity index (χ1n) is 5.53. The summed E-state index contributed by atoms with van der Waals surface area (Å²) < 4.78 is 1.80. The van der Waals surface area contributed by atoms with Crippen LogP contribution >= 0.6 is 23.4 Å². The summed E-state index contributed by atoms with van der Waals surface area (Å²) in [6.45, 7) is 1.93. The van der Waals surface area contributed by atoms with E-state index < -0.39 is 4.92 Å². The Morgan fingerprint density at radius 2 is 2.21 bits per heavy atom. The standard InChI is InChI=1S/C12H12ClN3O2S/c1-8-5-12(15(2)14-8)19-7-9-3-4-10(13)11(6-9)16(17)18/h3-6H,7H2,1-2H3. The maximum atomic E-state index is 10.8. The third-order valence-corrected chi connectivity index (χ3v) is 4.03. The summed E-state index contributed by atoms with van der Waals surface area (Å²) in [5.41, 5.74) is 1.76. The van der Waals surface area contributed by atoms with Gasteiger partial charge in [-0.05, 0) is 24.6 Å². The van der Waals surface area contributed by atoms with Crippen LogP contribution in [0.25, 0.3) is 0 Å². The van der Waals surface area contributed by atoms with Gasteiger partial charge in [-0.2, -0.15) is 5.10 Å². The molecular weight excluding hydrogens is 286 g/mol. The topological polar surface area (TPSA) is 61.0 Å². The zero-order valence-electron chi connectivity index (χ0n) is 10.5. The smallest absolute Gasteiger partial charge is 0.262 e. The molecule has 0 saturated heterocycles. The molecule has 0 atom stereocenters. The van der Waals surface area contributed by atoms with Crippen LogP contribution in [0.1, 0.15) is 11.3 Å². The van der Waals surface area contributed by atoms with Gasteiger partial charge in [-0.1, -0.05) is 17.7 Å². The molecule has 0 spiro atoms. The van der Waals surface area contributed by atoms with Gasteiger partial charge >= 0.3 is 0 Å². The zero-order chi connectivity index (χ0) is 14.0. The number of thioether (sulfide) groups is 1. The molecule has 0 aliphatic carbocycles. The highest BCUT2D eigenvalue weighted by Gasteiger charge is 2.13. The lowest BCUT2D eigenvalue weighted by Gasteiger charge is -2.03. The Kier molecular flexibility index (Phi) is 4.11. The summed E-state index contributed by atoms with van der Waals surface area (Å²) in [6.07, 6.45) is 0. The predicted molar refractivity (Wildman–Crippen MR) is 75.6 cm³/mol. The molecule has 0 amide bonds. The Hall–Kier alpha value is -1.53. The number of aryl methyl sites for hydroxylation is 2. The van der Waals surface area contributed by atoms with Crippen LogP contribution < -0.4 is 0 Å². The summed E-state index contributed by atoms with van der Waals surface area (Å²) in [6, 6.07) is 6.85. The minimum Gasteiger partial charge on any atom is -0.262 e. The Balaban J connectivity index is 2.14. The van der Waals surface area contributed by atoms with E-state index in [4.69, 9.17) is 11.6 Å². The van der Waals surface area contributed by atoms with E-state index in [0.29, 0.717) is 5.75 Å². The molecular formula is C12H12ClN3O2S. The van der Waals surface area contributed by atoms with Crippen LogP contribution in [-0.4, -0.2) is 14.7 Å². The predicted octanol–water partition coefficient (Wildman–Crippen LogP) is 3.58. The van der Waals surface area contributed by atoms with E-state index in [1.165, 1.54) is 6.07 Å². The fourth-order valence-electron chi connectivity index (χ4n) is 1.67. The molecule has 0 aliphatic rings. The van der Waals surface area contributed by atoms with Gasteiger partial charge in [0.25, 0.3) is 5.69 Å². The molecule has 0 saturated carbocycles. The third-order valence-electron chi connectivity index (χ3n) is 2.55. The lowest BCUT2D eigenvalue weighted by Crippen LogP contribution is -1.94.